The molecule has 1 saturated heterocycles. The third-order valence-corrected chi connectivity index (χ3v) is 7.33. The van der Waals surface area contributed by atoms with E-state index < -0.39 is 12.0 Å². The number of likely N-dealkylation sites (N-methyl/N-ethyl adjacent to an activating group) is 1. The third-order valence-electron chi connectivity index (χ3n) is 7.33. The fourth-order valence-electron chi connectivity index (χ4n) is 5.33. The molecule has 2 atom stereocenters. The van der Waals surface area contributed by atoms with E-state index in [1.807, 2.05) is 77.7 Å². The van der Waals surface area contributed by atoms with Gasteiger partial charge in [0.05, 0.1) is 26.2 Å². The second-order valence-electron chi connectivity index (χ2n) is 9.21. The second kappa shape index (κ2) is 9.93. The van der Waals surface area contributed by atoms with E-state index >= 15 is 0 Å². The van der Waals surface area contributed by atoms with Crippen molar-refractivity contribution in [3.05, 3.63) is 89.5 Å². The van der Waals surface area contributed by atoms with E-state index in [2.05, 4.69) is 4.90 Å². The lowest BCUT2D eigenvalue weighted by atomic mass is 9.79. The molecule has 0 radical (unpaired) electrons. The van der Waals surface area contributed by atoms with Crippen LogP contribution in [-0.2, 0) is 4.79 Å². The smallest absolute Gasteiger partial charge is 0.254 e. The van der Waals surface area contributed by atoms with Gasteiger partial charge in [0.25, 0.3) is 5.91 Å². The van der Waals surface area contributed by atoms with E-state index in [0.29, 0.717) is 18.7 Å². The van der Waals surface area contributed by atoms with Crippen LogP contribution in [0.2, 0.25) is 0 Å². The van der Waals surface area contributed by atoms with Gasteiger partial charge in [-0.25, -0.2) is 0 Å². The van der Waals surface area contributed by atoms with Crippen LogP contribution in [0.3, 0.4) is 0 Å². The number of rotatable bonds is 5. The number of hydrogen-bond donors (Lipinski definition) is 0. The molecule has 0 aromatic heterocycles. The van der Waals surface area contributed by atoms with Crippen LogP contribution in [0.15, 0.2) is 72.8 Å². The summed E-state index contributed by atoms with van der Waals surface area (Å²) in [5, 5.41) is 0. The molecule has 0 aliphatic carbocycles. The summed E-state index contributed by atoms with van der Waals surface area (Å²) in [6, 6.07) is 22.8. The molecule has 2 amide bonds. The van der Waals surface area contributed by atoms with E-state index in [9.17, 15) is 9.59 Å². The number of carbonyl (C=O) groups is 2. The fourth-order valence-corrected chi connectivity index (χ4v) is 5.33. The first-order valence-electron chi connectivity index (χ1n) is 12.2. The maximum absolute atomic E-state index is 14.1. The highest BCUT2D eigenvalue weighted by Gasteiger charge is 2.44. The monoisotopic (exact) mass is 485 g/mol. The average molecular weight is 486 g/mol. The minimum atomic E-state index is -0.482. The maximum atomic E-state index is 14.1. The summed E-state index contributed by atoms with van der Waals surface area (Å²) in [4.78, 5) is 33.3. The largest absolute Gasteiger partial charge is 0.497 e. The van der Waals surface area contributed by atoms with Gasteiger partial charge in [-0.3, -0.25) is 9.59 Å². The summed E-state index contributed by atoms with van der Waals surface area (Å²) in [7, 11) is 5.07. The Morgan fingerprint density at radius 3 is 2.00 bits per heavy atom. The summed E-state index contributed by atoms with van der Waals surface area (Å²) in [6.07, 6.45) is 0. The van der Waals surface area contributed by atoms with Crippen LogP contribution in [0.1, 0.15) is 33.4 Å². The number of nitrogens with zero attached hydrogens (tertiary/aromatic N) is 3. The summed E-state index contributed by atoms with van der Waals surface area (Å²) >= 11 is 0. The lowest BCUT2D eigenvalue weighted by Crippen LogP contribution is -2.53. The van der Waals surface area contributed by atoms with Crippen molar-refractivity contribution in [3.63, 3.8) is 0 Å². The van der Waals surface area contributed by atoms with Crippen LogP contribution in [0, 0.1) is 0 Å². The van der Waals surface area contributed by atoms with E-state index in [0.717, 1.165) is 41.4 Å². The molecule has 2 aliphatic rings. The molecule has 3 aromatic rings. The standard InChI is InChI=1S/C29H31N3O4/c1-30-27(20-8-12-22(35-2)13-9-20)26(24-6-4-5-7-25(24)28(30)33)29(34)32-18-16-31(17-19-32)21-10-14-23(36-3)15-11-21/h4-15,26-27H,16-19H2,1-3H3/t26-,27+/m0/s1. The molecule has 2 heterocycles. The molecule has 5 rings (SSSR count). The quantitative estimate of drug-likeness (QED) is 0.548. The normalized spacial score (nSPS) is 19.6. The molecule has 36 heavy (non-hydrogen) atoms. The fraction of sp³-hybridized carbons (Fsp3) is 0.310. The molecule has 0 saturated carbocycles. The van der Waals surface area contributed by atoms with Crippen molar-refractivity contribution in [3.8, 4) is 11.5 Å². The van der Waals surface area contributed by atoms with Crippen molar-refractivity contribution < 1.29 is 19.1 Å². The molecule has 0 unspecified atom stereocenters. The van der Waals surface area contributed by atoms with Crippen LogP contribution >= 0.6 is 0 Å². The van der Waals surface area contributed by atoms with Crippen molar-refractivity contribution in [2.45, 2.75) is 12.0 Å². The van der Waals surface area contributed by atoms with Crippen LogP contribution in [0.5, 0.6) is 11.5 Å². The van der Waals surface area contributed by atoms with Gasteiger partial charge in [-0.15, -0.1) is 0 Å². The number of carbonyl (C=O) groups excluding carboxylic acids is 2. The van der Waals surface area contributed by atoms with Crippen LogP contribution in [0.4, 0.5) is 5.69 Å². The summed E-state index contributed by atoms with van der Waals surface area (Å²) in [5.41, 5.74) is 3.42. The first-order valence-corrected chi connectivity index (χ1v) is 12.2. The van der Waals surface area contributed by atoms with Gasteiger partial charge in [0.1, 0.15) is 11.5 Å². The Morgan fingerprint density at radius 1 is 0.806 bits per heavy atom. The molecule has 0 N–H and O–H groups in total. The minimum absolute atomic E-state index is 0.0528. The van der Waals surface area contributed by atoms with E-state index in [1.54, 1.807) is 26.2 Å². The minimum Gasteiger partial charge on any atom is -0.497 e. The van der Waals surface area contributed by atoms with Crippen LogP contribution < -0.4 is 14.4 Å². The van der Waals surface area contributed by atoms with Crippen molar-refractivity contribution in [1.29, 1.82) is 0 Å². The molecular formula is C29H31N3O4. The lowest BCUT2D eigenvalue weighted by Gasteiger charge is -2.43. The number of fused-ring (bicyclic) bond motifs is 1. The van der Waals surface area contributed by atoms with Crippen molar-refractivity contribution in [2.24, 2.45) is 0 Å². The van der Waals surface area contributed by atoms with Crippen molar-refractivity contribution >= 4 is 17.5 Å². The first-order chi connectivity index (χ1) is 17.5. The molecule has 1 fully saturated rings. The highest BCUT2D eigenvalue weighted by molar-refractivity contribution is 6.01. The Labute approximate surface area is 211 Å². The molecule has 7 nitrogen and oxygen atoms in total. The SMILES string of the molecule is COc1ccc([C@@H]2[C@@H](C(=O)N3CCN(c4ccc(OC)cc4)CC3)c3ccccc3C(=O)N2C)cc1. The highest BCUT2D eigenvalue weighted by Crippen LogP contribution is 2.43. The molecule has 0 bridgehead atoms. The van der Waals surface area contributed by atoms with Gasteiger partial charge in [-0.05, 0) is 53.6 Å². The molecule has 2 aliphatic heterocycles. The number of amides is 2. The number of piperazine rings is 1. The number of methoxy groups -OCH3 is 2. The Kier molecular flexibility index (Phi) is 6.55. The molecular weight excluding hydrogens is 454 g/mol. The molecule has 7 heteroatoms. The van der Waals surface area contributed by atoms with Gasteiger partial charge in [0.15, 0.2) is 0 Å². The van der Waals surface area contributed by atoms with E-state index in [-0.39, 0.29) is 11.8 Å². The van der Waals surface area contributed by atoms with Gasteiger partial charge in [0.2, 0.25) is 5.91 Å². The number of benzene rings is 3. The van der Waals surface area contributed by atoms with Gasteiger partial charge in [-0.2, -0.15) is 0 Å². The number of hydrogen-bond acceptors (Lipinski definition) is 5. The average Bonchev–Trinajstić information content (AvgIpc) is 2.94. The van der Waals surface area contributed by atoms with Gasteiger partial charge in [-0.1, -0.05) is 30.3 Å². The highest BCUT2D eigenvalue weighted by atomic mass is 16.5. The van der Waals surface area contributed by atoms with Crippen LogP contribution in [0.25, 0.3) is 0 Å². The Bertz CT molecular complexity index is 1230. The molecule has 186 valence electrons. The lowest BCUT2D eigenvalue weighted by molar-refractivity contribution is -0.134. The number of ether oxygens (including phenoxy) is 2. The first kappa shape index (κ1) is 23.7. The van der Waals surface area contributed by atoms with Gasteiger partial charge in [0, 0.05) is 44.5 Å². The summed E-state index contributed by atoms with van der Waals surface area (Å²) in [6.45, 7) is 2.73. The predicted molar refractivity (Wildman–Crippen MR) is 139 cm³/mol. The predicted octanol–water partition coefficient (Wildman–Crippen LogP) is 3.96. The van der Waals surface area contributed by atoms with E-state index in [1.165, 1.54) is 0 Å². The molecule has 3 aromatic carbocycles. The molecule has 0 spiro atoms. The van der Waals surface area contributed by atoms with Crippen LogP contribution in [-0.4, -0.2) is 69.1 Å². The summed E-state index contributed by atoms with van der Waals surface area (Å²) in [5.74, 6) is 1.06. The van der Waals surface area contributed by atoms with Gasteiger partial charge >= 0.3 is 0 Å². The maximum Gasteiger partial charge on any atom is 0.254 e. The zero-order chi connectivity index (χ0) is 25.2. The van der Waals surface area contributed by atoms with Crippen molar-refractivity contribution in [1.82, 2.24) is 9.80 Å². The zero-order valence-corrected chi connectivity index (χ0v) is 20.9. The second-order valence-corrected chi connectivity index (χ2v) is 9.21. The Morgan fingerprint density at radius 2 is 1.39 bits per heavy atom. The number of anilines is 1. The van der Waals surface area contributed by atoms with E-state index in [4.69, 9.17) is 9.47 Å². The topological polar surface area (TPSA) is 62.3 Å². The third kappa shape index (κ3) is 4.26. The summed E-state index contributed by atoms with van der Waals surface area (Å²) < 4.78 is 10.6. The Hall–Kier alpha value is -4.00. The van der Waals surface area contributed by atoms with Crippen molar-refractivity contribution in [2.75, 3.05) is 52.3 Å². The Balaban J connectivity index is 1.42. The zero-order valence-electron chi connectivity index (χ0n) is 20.9. The van der Waals surface area contributed by atoms with Gasteiger partial charge < -0.3 is 24.2 Å².